The van der Waals surface area contributed by atoms with Gasteiger partial charge in [-0.3, -0.25) is 10.1 Å². The third kappa shape index (κ3) is 2.91. The predicted molar refractivity (Wildman–Crippen MR) is 60.5 cm³/mol. The minimum atomic E-state index is -0.530. The van der Waals surface area contributed by atoms with Crippen molar-refractivity contribution in [2.24, 2.45) is 0 Å². The minimum Gasteiger partial charge on any atom is -0.377 e. The van der Waals surface area contributed by atoms with E-state index < -0.39 is 10.7 Å². The standard InChI is InChI=1S/C11H13FN2O3/c12-8-3-4-11(14(15)16)10(6-8)13-7-9-2-1-5-17-9/h3-4,6,9,13H,1-2,5,7H2. The van der Waals surface area contributed by atoms with Crippen molar-refractivity contribution in [3.05, 3.63) is 34.1 Å². The van der Waals surface area contributed by atoms with E-state index in [0.717, 1.165) is 37.6 Å². The van der Waals surface area contributed by atoms with Gasteiger partial charge in [-0.2, -0.15) is 0 Å². The lowest BCUT2D eigenvalue weighted by molar-refractivity contribution is -0.384. The van der Waals surface area contributed by atoms with Crippen LogP contribution < -0.4 is 5.32 Å². The molecule has 17 heavy (non-hydrogen) atoms. The number of nitro benzene ring substituents is 1. The molecule has 92 valence electrons. The molecule has 1 atom stereocenters. The molecule has 1 saturated heterocycles. The Morgan fingerprint density at radius 3 is 3.06 bits per heavy atom. The van der Waals surface area contributed by atoms with Gasteiger partial charge in [-0.05, 0) is 18.9 Å². The molecule has 0 bridgehead atoms. The number of ether oxygens (including phenoxy) is 1. The summed E-state index contributed by atoms with van der Waals surface area (Å²) in [6.07, 6.45) is 1.98. The predicted octanol–water partition coefficient (Wildman–Crippen LogP) is 2.32. The maximum atomic E-state index is 13.0. The fourth-order valence-electron chi connectivity index (χ4n) is 1.84. The summed E-state index contributed by atoms with van der Waals surface area (Å²) in [5.41, 5.74) is 0.0786. The Balaban J connectivity index is 2.07. The topological polar surface area (TPSA) is 64.4 Å². The normalized spacial score (nSPS) is 19.2. The second kappa shape index (κ2) is 5.09. The summed E-state index contributed by atoms with van der Waals surface area (Å²) in [5.74, 6) is -0.495. The molecule has 0 spiro atoms. The van der Waals surface area contributed by atoms with Gasteiger partial charge in [0, 0.05) is 25.3 Å². The van der Waals surface area contributed by atoms with Crippen molar-refractivity contribution in [3.8, 4) is 0 Å². The van der Waals surface area contributed by atoms with E-state index in [2.05, 4.69) is 5.32 Å². The summed E-state index contributed by atoms with van der Waals surface area (Å²) >= 11 is 0. The Hall–Kier alpha value is -1.69. The lowest BCUT2D eigenvalue weighted by Crippen LogP contribution is -2.19. The smallest absolute Gasteiger partial charge is 0.292 e. The zero-order chi connectivity index (χ0) is 12.3. The van der Waals surface area contributed by atoms with Gasteiger partial charge in [0.25, 0.3) is 5.69 Å². The van der Waals surface area contributed by atoms with Crippen LogP contribution in [0.1, 0.15) is 12.8 Å². The second-order valence-electron chi connectivity index (χ2n) is 3.93. The number of nitrogens with zero attached hydrogens (tertiary/aromatic N) is 1. The largest absolute Gasteiger partial charge is 0.377 e. The highest BCUT2D eigenvalue weighted by Gasteiger charge is 2.18. The Morgan fingerprint density at radius 1 is 1.59 bits per heavy atom. The van der Waals surface area contributed by atoms with E-state index in [-0.39, 0.29) is 17.5 Å². The van der Waals surface area contributed by atoms with Gasteiger partial charge >= 0.3 is 0 Å². The van der Waals surface area contributed by atoms with E-state index in [0.29, 0.717) is 6.54 Å². The SMILES string of the molecule is O=[N+]([O-])c1ccc(F)cc1NCC1CCCO1. The number of halogens is 1. The van der Waals surface area contributed by atoms with Crippen molar-refractivity contribution in [2.45, 2.75) is 18.9 Å². The lowest BCUT2D eigenvalue weighted by Gasteiger charge is -2.11. The van der Waals surface area contributed by atoms with Crippen molar-refractivity contribution in [2.75, 3.05) is 18.5 Å². The van der Waals surface area contributed by atoms with Gasteiger partial charge in [-0.15, -0.1) is 0 Å². The molecule has 0 aromatic heterocycles. The van der Waals surface area contributed by atoms with Gasteiger partial charge in [-0.1, -0.05) is 0 Å². The van der Waals surface area contributed by atoms with E-state index >= 15 is 0 Å². The molecule has 6 heteroatoms. The van der Waals surface area contributed by atoms with Crippen LogP contribution in [0.15, 0.2) is 18.2 Å². The molecule has 1 heterocycles. The molecule has 5 nitrogen and oxygen atoms in total. The fourth-order valence-corrected chi connectivity index (χ4v) is 1.84. The number of nitrogens with one attached hydrogen (secondary N) is 1. The first-order valence-electron chi connectivity index (χ1n) is 5.46. The van der Waals surface area contributed by atoms with Crippen molar-refractivity contribution in [3.63, 3.8) is 0 Å². The van der Waals surface area contributed by atoms with Crippen molar-refractivity contribution >= 4 is 11.4 Å². The summed E-state index contributed by atoms with van der Waals surface area (Å²) in [4.78, 5) is 10.2. The number of rotatable bonds is 4. The van der Waals surface area contributed by atoms with Gasteiger partial charge in [0.1, 0.15) is 11.5 Å². The number of benzene rings is 1. The molecule has 0 aliphatic carbocycles. The van der Waals surface area contributed by atoms with Crippen LogP contribution in [-0.2, 0) is 4.74 Å². The van der Waals surface area contributed by atoms with E-state index in [4.69, 9.17) is 4.74 Å². The summed E-state index contributed by atoms with van der Waals surface area (Å²) in [6, 6.07) is 3.37. The highest BCUT2D eigenvalue weighted by molar-refractivity contribution is 5.61. The molecule has 1 aromatic rings. The van der Waals surface area contributed by atoms with Gasteiger partial charge < -0.3 is 10.1 Å². The van der Waals surface area contributed by atoms with Crippen LogP contribution in [0.2, 0.25) is 0 Å². The number of hydrogen-bond donors (Lipinski definition) is 1. The summed E-state index contributed by atoms with van der Waals surface area (Å²) in [7, 11) is 0. The number of anilines is 1. The quantitative estimate of drug-likeness (QED) is 0.648. The zero-order valence-electron chi connectivity index (χ0n) is 9.19. The maximum absolute atomic E-state index is 13.0. The van der Waals surface area contributed by atoms with Crippen LogP contribution in [0.4, 0.5) is 15.8 Å². The third-order valence-electron chi connectivity index (χ3n) is 2.70. The molecular weight excluding hydrogens is 227 g/mol. The minimum absolute atomic E-state index is 0.0536. The lowest BCUT2D eigenvalue weighted by atomic mass is 10.2. The zero-order valence-corrected chi connectivity index (χ0v) is 9.19. The third-order valence-corrected chi connectivity index (χ3v) is 2.70. The number of hydrogen-bond acceptors (Lipinski definition) is 4. The van der Waals surface area contributed by atoms with Crippen LogP contribution in [0.5, 0.6) is 0 Å². The molecule has 1 aromatic carbocycles. The molecular formula is C11H13FN2O3. The van der Waals surface area contributed by atoms with Crippen molar-refractivity contribution in [1.82, 2.24) is 0 Å². The van der Waals surface area contributed by atoms with Crippen LogP contribution in [0, 0.1) is 15.9 Å². The van der Waals surface area contributed by atoms with Gasteiger partial charge in [0.05, 0.1) is 11.0 Å². The molecule has 1 fully saturated rings. The Kier molecular flexibility index (Phi) is 3.53. The summed E-state index contributed by atoms with van der Waals surface area (Å²) in [6.45, 7) is 1.18. The molecule has 2 rings (SSSR count). The first-order valence-corrected chi connectivity index (χ1v) is 5.46. The molecule has 1 N–H and O–H groups in total. The monoisotopic (exact) mass is 240 g/mol. The second-order valence-corrected chi connectivity index (χ2v) is 3.93. The summed E-state index contributed by atoms with van der Waals surface area (Å²) in [5, 5.41) is 13.6. The highest BCUT2D eigenvalue weighted by Crippen LogP contribution is 2.25. The van der Waals surface area contributed by atoms with E-state index in [1.807, 2.05) is 0 Å². The summed E-state index contributed by atoms with van der Waals surface area (Å²) < 4.78 is 18.4. The fraction of sp³-hybridized carbons (Fsp3) is 0.455. The van der Waals surface area contributed by atoms with E-state index in [1.165, 1.54) is 0 Å². The van der Waals surface area contributed by atoms with E-state index in [1.54, 1.807) is 0 Å². The average molecular weight is 240 g/mol. The van der Waals surface area contributed by atoms with Crippen LogP contribution in [-0.4, -0.2) is 24.2 Å². The molecule has 1 aliphatic rings. The van der Waals surface area contributed by atoms with Crippen molar-refractivity contribution < 1.29 is 14.1 Å². The van der Waals surface area contributed by atoms with Crippen molar-refractivity contribution in [1.29, 1.82) is 0 Å². The molecule has 0 saturated carbocycles. The van der Waals surface area contributed by atoms with Crippen LogP contribution >= 0.6 is 0 Å². The first kappa shape index (κ1) is 11.8. The van der Waals surface area contributed by atoms with E-state index in [9.17, 15) is 14.5 Å². The van der Waals surface area contributed by atoms with Crippen LogP contribution in [0.25, 0.3) is 0 Å². The van der Waals surface area contributed by atoms with Gasteiger partial charge in [0.2, 0.25) is 0 Å². The average Bonchev–Trinajstić information content (AvgIpc) is 2.78. The Bertz CT molecular complexity index is 419. The van der Waals surface area contributed by atoms with Crippen LogP contribution in [0.3, 0.4) is 0 Å². The Morgan fingerprint density at radius 2 is 2.41 bits per heavy atom. The highest BCUT2D eigenvalue weighted by atomic mass is 19.1. The molecule has 1 unspecified atom stereocenters. The maximum Gasteiger partial charge on any atom is 0.292 e. The number of nitro groups is 1. The first-order chi connectivity index (χ1) is 8.16. The molecule has 0 amide bonds. The van der Waals surface area contributed by atoms with Gasteiger partial charge in [-0.25, -0.2) is 4.39 Å². The Labute approximate surface area is 97.7 Å². The molecule has 1 aliphatic heterocycles. The van der Waals surface area contributed by atoms with Gasteiger partial charge in [0.15, 0.2) is 0 Å². The molecule has 0 radical (unpaired) electrons.